The molecular weight excluding hydrogens is 212 g/mol. The number of carbonyl (C=O) groups is 1. The van der Waals surface area contributed by atoms with Crippen molar-refractivity contribution >= 4 is 33.1 Å². The summed E-state index contributed by atoms with van der Waals surface area (Å²) in [6.07, 6.45) is -1.33. The van der Waals surface area contributed by atoms with E-state index in [9.17, 15) is 0 Å². The van der Waals surface area contributed by atoms with Gasteiger partial charge in [-0.2, -0.15) is 0 Å². The van der Waals surface area contributed by atoms with E-state index in [0.717, 1.165) is 0 Å². The van der Waals surface area contributed by atoms with Crippen LogP contribution in [-0.2, 0) is 46.5 Å². The summed E-state index contributed by atoms with van der Waals surface area (Å²) < 4.78 is 0. The van der Waals surface area contributed by atoms with Crippen LogP contribution in [0.15, 0.2) is 0 Å². The number of primary amides is 1. The third-order valence-electron chi connectivity index (χ3n) is 0. The van der Waals surface area contributed by atoms with Gasteiger partial charge in [-0.3, -0.25) is 0 Å². The van der Waals surface area contributed by atoms with E-state index < -0.39 is 6.09 Å². The third-order valence-corrected chi connectivity index (χ3v) is 0. The molecule has 3 N–H and O–H groups in total. The monoisotopic (exact) mass is 221 g/mol. The van der Waals surface area contributed by atoms with Gasteiger partial charge in [0.1, 0.15) is 0 Å². The molecule has 0 aliphatic rings. The summed E-state index contributed by atoms with van der Waals surface area (Å²) in [5, 5.41) is 7.19. The predicted octanol–water partition coefficient (Wildman–Crippen LogP) is -0.0190. The molecule has 9 heavy (non-hydrogen) atoms. The van der Waals surface area contributed by atoms with Crippen molar-refractivity contribution in [3.63, 3.8) is 0 Å². The second-order valence-electron chi connectivity index (χ2n) is 0.338. The largest absolute Gasteiger partial charge is 0.813 e. The summed E-state index contributed by atoms with van der Waals surface area (Å²) in [5.41, 5.74) is 4.03. The van der Waals surface area contributed by atoms with Crippen molar-refractivity contribution in [2.75, 3.05) is 0 Å². The zero-order valence-electron chi connectivity index (χ0n) is 5.53. The SMILES string of the molecule is NC(=O)O.[CH3-].[CH3-].[SH-].[SH-].[Zn]. The van der Waals surface area contributed by atoms with Crippen LogP contribution in [0.2, 0.25) is 0 Å². The minimum atomic E-state index is -1.33. The minimum Gasteiger partial charge on any atom is -0.813 e. The molecule has 0 aromatic heterocycles. The van der Waals surface area contributed by atoms with Crippen LogP contribution < -0.4 is 5.73 Å². The first-order chi connectivity index (χ1) is 1.73. The van der Waals surface area contributed by atoms with Crippen molar-refractivity contribution in [2.45, 2.75) is 0 Å². The van der Waals surface area contributed by atoms with Gasteiger partial charge in [0.15, 0.2) is 0 Å². The molecule has 0 aromatic rings. The molecule has 0 spiro atoms. The molecule has 3 nitrogen and oxygen atoms in total. The second kappa shape index (κ2) is 38.4. The normalized spacial score (nSPS) is 2.67. The van der Waals surface area contributed by atoms with Crippen LogP contribution in [0, 0.1) is 14.9 Å². The van der Waals surface area contributed by atoms with E-state index in [-0.39, 0.29) is 61.3 Å². The van der Waals surface area contributed by atoms with Gasteiger partial charge in [0.2, 0.25) is 0 Å². The molecule has 0 bridgehead atoms. The van der Waals surface area contributed by atoms with E-state index in [4.69, 9.17) is 9.90 Å². The van der Waals surface area contributed by atoms with Crippen molar-refractivity contribution in [1.29, 1.82) is 0 Å². The van der Waals surface area contributed by atoms with Gasteiger partial charge in [0, 0.05) is 19.5 Å². The van der Waals surface area contributed by atoms with E-state index in [0.29, 0.717) is 0 Å². The Labute approximate surface area is 83.0 Å². The maximum Gasteiger partial charge on any atom is 0.402 e. The number of hydrogen-bond donors (Lipinski definition) is 2. The predicted molar refractivity (Wildman–Crippen MR) is 42.6 cm³/mol. The van der Waals surface area contributed by atoms with E-state index >= 15 is 0 Å². The number of hydrogen-bond acceptors (Lipinski definition) is 3. The van der Waals surface area contributed by atoms with Crippen LogP contribution in [0.5, 0.6) is 0 Å². The zero-order valence-corrected chi connectivity index (χ0v) is 10.3. The molecule has 0 heterocycles. The number of amides is 1. The van der Waals surface area contributed by atoms with Crippen LogP contribution in [0.4, 0.5) is 4.79 Å². The van der Waals surface area contributed by atoms with Gasteiger partial charge in [-0.25, -0.2) is 4.79 Å². The Hall–Kier alpha value is 0.593. The molecule has 0 unspecified atom stereocenters. The molecule has 0 aliphatic carbocycles. The summed E-state index contributed by atoms with van der Waals surface area (Å²) >= 11 is 0. The molecule has 6 heteroatoms. The van der Waals surface area contributed by atoms with Gasteiger partial charge >= 0.3 is 6.09 Å². The molecule has 0 saturated heterocycles. The van der Waals surface area contributed by atoms with Crippen molar-refractivity contribution < 1.29 is 29.4 Å². The second-order valence-corrected chi connectivity index (χ2v) is 0.338. The summed E-state index contributed by atoms with van der Waals surface area (Å²) in [5.74, 6) is 0. The van der Waals surface area contributed by atoms with Gasteiger partial charge < -0.3 is 52.7 Å². The van der Waals surface area contributed by atoms with Gasteiger partial charge in [0.05, 0.1) is 0 Å². The van der Waals surface area contributed by atoms with Crippen molar-refractivity contribution in [3.05, 3.63) is 14.9 Å². The van der Waals surface area contributed by atoms with Crippen LogP contribution in [0.3, 0.4) is 0 Å². The fourth-order valence-corrected chi connectivity index (χ4v) is 0. The fourth-order valence-electron chi connectivity index (χ4n) is 0. The van der Waals surface area contributed by atoms with Gasteiger partial charge in [-0.1, -0.05) is 0 Å². The Kier molecular flexibility index (Phi) is 234. The first-order valence-electron chi connectivity index (χ1n) is 0.716. The topological polar surface area (TPSA) is 63.3 Å². The zero-order chi connectivity index (χ0) is 3.58. The van der Waals surface area contributed by atoms with Gasteiger partial charge in [-0.15, -0.1) is 0 Å². The molecule has 0 saturated carbocycles. The molecule has 0 radical (unpaired) electrons. The summed E-state index contributed by atoms with van der Waals surface area (Å²) in [6.45, 7) is 0. The van der Waals surface area contributed by atoms with Gasteiger partial charge in [-0.05, 0) is 0 Å². The minimum absolute atomic E-state index is 0. The molecule has 0 atom stereocenters. The molecule has 58 valence electrons. The van der Waals surface area contributed by atoms with Crippen LogP contribution in [-0.4, -0.2) is 11.2 Å². The number of rotatable bonds is 0. The average molecular weight is 223 g/mol. The number of nitrogens with two attached hydrogens (primary N) is 1. The van der Waals surface area contributed by atoms with Crippen LogP contribution >= 0.6 is 0 Å². The Morgan fingerprint density at radius 3 is 1.22 bits per heavy atom. The summed E-state index contributed by atoms with van der Waals surface area (Å²) in [4.78, 5) is 8.78. The molecule has 1 amide bonds. The van der Waals surface area contributed by atoms with Crippen LogP contribution in [0.25, 0.3) is 0 Å². The summed E-state index contributed by atoms with van der Waals surface area (Å²) in [6, 6.07) is 0. The quantitative estimate of drug-likeness (QED) is 0.262. The standard InChI is InChI=1S/CH3NO2.2CH3.2H2S.Zn/c2-1(3)4;;;;;/h2H2,(H,3,4);2*1H3;2*1H2;/q;2*-1;;;/p-2. The molecule has 0 rings (SSSR count). The Bertz CT molecular complexity index is 42.8. The Balaban J connectivity index is -0.00000000450. The van der Waals surface area contributed by atoms with Crippen LogP contribution in [0.1, 0.15) is 0 Å². The van der Waals surface area contributed by atoms with Crippen molar-refractivity contribution in [2.24, 2.45) is 5.73 Å². The third kappa shape index (κ3) is 1060. The molecule has 0 fully saturated rings. The first-order valence-corrected chi connectivity index (χ1v) is 0.716. The number of carboxylic acid groups (broad SMARTS) is 1. The average Bonchev–Trinajstić information content (AvgIpc) is 0.811. The van der Waals surface area contributed by atoms with Crippen molar-refractivity contribution in [3.8, 4) is 0 Å². The van der Waals surface area contributed by atoms with E-state index in [1.54, 1.807) is 0 Å². The van der Waals surface area contributed by atoms with Gasteiger partial charge in [0.25, 0.3) is 0 Å². The van der Waals surface area contributed by atoms with Crippen molar-refractivity contribution in [1.82, 2.24) is 0 Å². The summed E-state index contributed by atoms with van der Waals surface area (Å²) in [7, 11) is 0. The van der Waals surface area contributed by atoms with E-state index in [1.807, 2.05) is 0 Å². The number of thiol groups is 2. The molecule has 0 aliphatic heterocycles. The Morgan fingerprint density at radius 2 is 1.22 bits per heavy atom. The smallest absolute Gasteiger partial charge is 0.402 e. The van der Waals surface area contributed by atoms with E-state index in [2.05, 4.69) is 5.73 Å². The molecular formula is C3H11NO2S2Zn-4. The Morgan fingerprint density at radius 1 is 1.22 bits per heavy atom. The maximum absolute atomic E-state index is 8.78. The fraction of sp³-hybridized carbons (Fsp3) is 0. The first kappa shape index (κ1) is 54.9. The molecule has 0 aromatic carbocycles. The maximum atomic E-state index is 8.78. The van der Waals surface area contributed by atoms with E-state index in [1.165, 1.54) is 0 Å².